The van der Waals surface area contributed by atoms with E-state index in [2.05, 4.69) is 15.1 Å². The van der Waals surface area contributed by atoms with Crippen molar-refractivity contribution in [3.8, 4) is 17.0 Å². The average molecular weight is 444 g/mol. The Bertz CT molecular complexity index is 1100. The van der Waals surface area contributed by atoms with E-state index in [0.717, 1.165) is 5.69 Å². The van der Waals surface area contributed by atoms with Crippen LogP contribution in [0.5, 0.6) is 5.75 Å². The summed E-state index contributed by atoms with van der Waals surface area (Å²) in [4.78, 5) is 14.3. The summed E-state index contributed by atoms with van der Waals surface area (Å²) in [5.41, 5.74) is 1.62. The summed E-state index contributed by atoms with van der Waals surface area (Å²) >= 11 is 12.1. The number of para-hydroxylation sites is 1. The van der Waals surface area contributed by atoms with Gasteiger partial charge in [-0.2, -0.15) is 10.2 Å². The van der Waals surface area contributed by atoms with Gasteiger partial charge >= 0.3 is 5.97 Å². The molecule has 0 bridgehead atoms. The highest BCUT2D eigenvalue weighted by molar-refractivity contribution is 6.42. The Labute approximate surface area is 183 Å². The molecule has 0 atom stereocenters. The molecule has 1 aromatic heterocycles. The number of nitrogens with zero attached hydrogens (tertiary/aromatic N) is 3. The smallest absolute Gasteiger partial charge is 0.314 e. The van der Waals surface area contributed by atoms with Gasteiger partial charge in [0.25, 0.3) is 0 Å². The Balaban J connectivity index is 1.59. The topological polar surface area (TPSA) is 86.5 Å². The molecule has 6 nitrogen and oxygen atoms in total. The first-order chi connectivity index (χ1) is 14.4. The third kappa shape index (κ3) is 3.68. The minimum atomic E-state index is -1.02. The van der Waals surface area contributed by atoms with Crippen molar-refractivity contribution < 1.29 is 15.0 Å². The van der Waals surface area contributed by atoms with Gasteiger partial charge < -0.3 is 15.1 Å². The van der Waals surface area contributed by atoms with Gasteiger partial charge in [-0.15, -0.1) is 0 Å². The molecule has 3 aromatic rings. The van der Waals surface area contributed by atoms with Crippen molar-refractivity contribution in [1.29, 1.82) is 0 Å². The number of halogens is 2. The average Bonchev–Trinajstić information content (AvgIpc) is 2.76. The lowest BCUT2D eigenvalue weighted by molar-refractivity contribution is -0.144. The number of rotatable bonds is 4. The van der Waals surface area contributed by atoms with E-state index in [1.54, 1.807) is 42.6 Å². The maximum atomic E-state index is 12.2. The summed E-state index contributed by atoms with van der Waals surface area (Å²) in [7, 11) is 0. The predicted octanol–water partition coefficient (Wildman–Crippen LogP) is 4.78. The van der Waals surface area contributed by atoms with E-state index in [4.69, 9.17) is 23.2 Å². The number of carboxylic acids is 1. The van der Waals surface area contributed by atoms with E-state index in [1.807, 2.05) is 12.1 Å². The zero-order valence-corrected chi connectivity index (χ0v) is 17.4. The maximum Gasteiger partial charge on any atom is 0.314 e. The molecule has 0 spiro atoms. The van der Waals surface area contributed by atoms with Crippen molar-refractivity contribution >= 4 is 34.9 Å². The summed E-state index contributed by atoms with van der Waals surface area (Å²) in [6.07, 6.45) is 2.47. The van der Waals surface area contributed by atoms with Gasteiger partial charge in [0.05, 0.1) is 33.0 Å². The first-order valence-electron chi connectivity index (χ1n) is 9.46. The normalized spacial score (nSPS) is 15.7. The fourth-order valence-corrected chi connectivity index (χ4v) is 4.22. The Hall–Kier alpha value is -2.83. The zero-order valence-electron chi connectivity index (χ0n) is 15.9. The first kappa shape index (κ1) is 20.4. The number of aliphatic carboxylic acids is 1. The number of phenols is 1. The lowest BCUT2D eigenvalue weighted by atomic mass is 9.72. The zero-order chi connectivity index (χ0) is 21.3. The second-order valence-electron chi connectivity index (χ2n) is 7.32. The van der Waals surface area contributed by atoms with Gasteiger partial charge in [-0.05, 0) is 48.7 Å². The SMILES string of the molecule is O=C(O)C1(c2ccc(Cl)c(Cl)c2)CCN(c2cnnc(-c3ccccc3O)c2)CC1. The van der Waals surface area contributed by atoms with Crippen molar-refractivity contribution in [2.24, 2.45) is 0 Å². The summed E-state index contributed by atoms with van der Waals surface area (Å²) in [6, 6.07) is 13.8. The fraction of sp³-hybridized carbons (Fsp3) is 0.227. The van der Waals surface area contributed by atoms with E-state index < -0.39 is 11.4 Å². The standard InChI is InChI=1S/C22H19Cl2N3O3/c23-17-6-5-14(11-18(17)24)22(21(29)30)7-9-27(10-8-22)15-12-19(26-25-13-15)16-3-1-2-4-20(16)28/h1-6,11-13,28H,7-10H2,(H,29,30). The highest BCUT2D eigenvalue weighted by Crippen LogP contribution is 2.40. The molecule has 0 saturated carbocycles. The van der Waals surface area contributed by atoms with Crippen LogP contribution in [-0.4, -0.2) is 39.5 Å². The monoisotopic (exact) mass is 443 g/mol. The highest BCUT2D eigenvalue weighted by Gasteiger charge is 2.43. The number of aromatic hydroxyl groups is 1. The number of carboxylic acid groups (broad SMARTS) is 1. The summed E-state index contributed by atoms with van der Waals surface area (Å²) in [5.74, 6) is -0.740. The summed E-state index contributed by atoms with van der Waals surface area (Å²) in [6.45, 7) is 1.05. The molecule has 0 radical (unpaired) electrons. The van der Waals surface area contributed by atoms with Gasteiger partial charge in [0, 0.05) is 18.7 Å². The van der Waals surface area contributed by atoms with Crippen LogP contribution in [0, 0.1) is 0 Å². The van der Waals surface area contributed by atoms with Crippen molar-refractivity contribution in [2.45, 2.75) is 18.3 Å². The number of hydrogen-bond donors (Lipinski definition) is 2. The molecule has 2 heterocycles. The van der Waals surface area contributed by atoms with Crippen LogP contribution in [0.15, 0.2) is 54.7 Å². The quantitative estimate of drug-likeness (QED) is 0.603. The molecule has 0 aliphatic carbocycles. The van der Waals surface area contributed by atoms with Gasteiger partial charge in [0.15, 0.2) is 0 Å². The van der Waals surface area contributed by atoms with Gasteiger partial charge in [0.2, 0.25) is 0 Å². The molecule has 1 aliphatic rings. The second-order valence-corrected chi connectivity index (χ2v) is 8.13. The number of aromatic nitrogens is 2. The second kappa shape index (κ2) is 8.13. The molecule has 1 saturated heterocycles. The molecule has 30 heavy (non-hydrogen) atoms. The molecule has 2 aromatic carbocycles. The van der Waals surface area contributed by atoms with Crippen LogP contribution in [0.2, 0.25) is 10.0 Å². The molecule has 4 rings (SSSR count). The fourth-order valence-electron chi connectivity index (χ4n) is 3.92. The number of hydrogen-bond acceptors (Lipinski definition) is 5. The van der Waals surface area contributed by atoms with Crippen LogP contribution < -0.4 is 4.90 Å². The van der Waals surface area contributed by atoms with Gasteiger partial charge in [-0.1, -0.05) is 41.4 Å². The molecule has 154 valence electrons. The number of piperidine rings is 1. The van der Waals surface area contributed by atoms with E-state index >= 15 is 0 Å². The van der Waals surface area contributed by atoms with Crippen LogP contribution in [0.25, 0.3) is 11.3 Å². The lowest BCUT2D eigenvalue weighted by Crippen LogP contribution is -2.47. The molecule has 1 aliphatic heterocycles. The van der Waals surface area contributed by atoms with Crippen LogP contribution >= 0.6 is 23.2 Å². The van der Waals surface area contributed by atoms with E-state index in [-0.39, 0.29) is 5.75 Å². The molecular weight excluding hydrogens is 425 g/mol. The Kier molecular flexibility index (Phi) is 5.54. The van der Waals surface area contributed by atoms with Crippen LogP contribution in [0.4, 0.5) is 5.69 Å². The summed E-state index contributed by atoms with van der Waals surface area (Å²) in [5, 5.41) is 29.1. The van der Waals surface area contributed by atoms with E-state index in [0.29, 0.717) is 52.8 Å². The number of phenolic OH excluding ortho intramolecular Hbond substituents is 1. The van der Waals surface area contributed by atoms with E-state index in [9.17, 15) is 15.0 Å². The molecule has 1 fully saturated rings. The first-order valence-corrected chi connectivity index (χ1v) is 10.2. The third-order valence-corrected chi connectivity index (χ3v) is 6.42. The Morgan fingerprint density at radius 1 is 1.03 bits per heavy atom. The van der Waals surface area contributed by atoms with Crippen LogP contribution in [-0.2, 0) is 10.2 Å². The molecule has 8 heteroatoms. The number of carbonyl (C=O) groups is 1. The predicted molar refractivity (Wildman–Crippen MR) is 116 cm³/mol. The van der Waals surface area contributed by atoms with Gasteiger partial charge in [-0.3, -0.25) is 4.79 Å². The molecular formula is C22H19Cl2N3O3. The molecule has 2 N–H and O–H groups in total. The van der Waals surface area contributed by atoms with Crippen molar-refractivity contribution in [3.63, 3.8) is 0 Å². The van der Waals surface area contributed by atoms with Crippen LogP contribution in [0.1, 0.15) is 18.4 Å². The van der Waals surface area contributed by atoms with Crippen LogP contribution in [0.3, 0.4) is 0 Å². The maximum absolute atomic E-state index is 12.2. The van der Waals surface area contributed by atoms with Gasteiger partial charge in [-0.25, -0.2) is 0 Å². The lowest BCUT2D eigenvalue weighted by Gasteiger charge is -2.40. The Morgan fingerprint density at radius 3 is 2.43 bits per heavy atom. The summed E-state index contributed by atoms with van der Waals surface area (Å²) < 4.78 is 0. The highest BCUT2D eigenvalue weighted by atomic mass is 35.5. The number of anilines is 1. The minimum Gasteiger partial charge on any atom is -0.507 e. The Morgan fingerprint density at radius 2 is 1.77 bits per heavy atom. The molecule has 0 amide bonds. The van der Waals surface area contributed by atoms with Crippen molar-refractivity contribution in [2.75, 3.05) is 18.0 Å². The van der Waals surface area contributed by atoms with Gasteiger partial charge in [0.1, 0.15) is 5.75 Å². The largest absolute Gasteiger partial charge is 0.507 e. The van der Waals surface area contributed by atoms with Crippen molar-refractivity contribution in [1.82, 2.24) is 10.2 Å². The minimum absolute atomic E-state index is 0.132. The number of benzene rings is 2. The molecule has 0 unspecified atom stereocenters. The van der Waals surface area contributed by atoms with Crippen molar-refractivity contribution in [3.05, 3.63) is 70.3 Å². The third-order valence-electron chi connectivity index (χ3n) is 5.68. The van der Waals surface area contributed by atoms with E-state index in [1.165, 1.54) is 0 Å².